The van der Waals surface area contributed by atoms with E-state index in [0.717, 1.165) is 12.5 Å². The molecule has 1 aliphatic heterocycles. The van der Waals surface area contributed by atoms with Crippen LogP contribution in [0.5, 0.6) is 0 Å². The van der Waals surface area contributed by atoms with Gasteiger partial charge in [-0.3, -0.25) is 10.1 Å². The monoisotopic (exact) mass is 258 g/mol. The standard InChI is InChI=1S/C16H22N2O/c1-11(2)14-16(19)18(10-12-8-9-12)15(17-14)13-6-4-3-5-7-13/h3-7,11-12,14-15,17H,8-10H2,1-2H3. The highest BCUT2D eigenvalue weighted by Crippen LogP contribution is 2.35. The summed E-state index contributed by atoms with van der Waals surface area (Å²) in [4.78, 5) is 14.6. The van der Waals surface area contributed by atoms with Gasteiger partial charge in [-0.05, 0) is 30.2 Å². The Balaban J connectivity index is 1.85. The van der Waals surface area contributed by atoms with E-state index in [-0.39, 0.29) is 18.1 Å². The van der Waals surface area contributed by atoms with E-state index in [1.807, 2.05) is 18.2 Å². The lowest BCUT2D eigenvalue weighted by Crippen LogP contribution is -2.35. The number of hydrogen-bond acceptors (Lipinski definition) is 2. The fourth-order valence-corrected chi connectivity index (χ4v) is 2.80. The van der Waals surface area contributed by atoms with Crippen molar-refractivity contribution in [3.63, 3.8) is 0 Å². The van der Waals surface area contributed by atoms with Crippen molar-refractivity contribution in [1.29, 1.82) is 0 Å². The lowest BCUT2D eigenvalue weighted by molar-refractivity contribution is -0.131. The summed E-state index contributed by atoms with van der Waals surface area (Å²) in [6, 6.07) is 10.3. The lowest BCUT2D eigenvalue weighted by Gasteiger charge is -2.24. The first-order chi connectivity index (χ1) is 9.16. The van der Waals surface area contributed by atoms with Crippen molar-refractivity contribution in [3.8, 4) is 0 Å². The third-order valence-electron chi connectivity index (χ3n) is 4.13. The SMILES string of the molecule is CC(C)C1NC(c2ccccc2)N(CC2CC2)C1=O. The molecule has 1 aliphatic carbocycles. The van der Waals surface area contributed by atoms with Gasteiger partial charge in [-0.25, -0.2) is 0 Å². The molecule has 0 aromatic heterocycles. The minimum atomic E-state index is -0.0380. The molecule has 3 nitrogen and oxygen atoms in total. The second-order valence-electron chi connectivity index (χ2n) is 6.14. The van der Waals surface area contributed by atoms with E-state index in [2.05, 4.69) is 36.2 Å². The van der Waals surface area contributed by atoms with Crippen LogP contribution in [0.2, 0.25) is 0 Å². The van der Waals surface area contributed by atoms with Gasteiger partial charge in [-0.15, -0.1) is 0 Å². The third kappa shape index (κ3) is 2.52. The molecule has 1 heterocycles. The van der Waals surface area contributed by atoms with E-state index in [4.69, 9.17) is 0 Å². The summed E-state index contributed by atoms with van der Waals surface area (Å²) < 4.78 is 0. The van der Waals surface area contributed by atoms with Crippen molar-refractivity contribution in [2.75, 3.05) is 6.54 Å². The maximum absolute atomic E-state index is 12.6. The zero-order valence-corrected chi connectivity index (χ0v) is 11.7. The van der Waals surface area contributed by atoms with Gasteiger partial charge in [0.2, 0.25) is 5.91 Å². The Hall–Kier alpha value is -1.35. The summed E-state index contributed by atoms with van der Waals surface area (Å²) >= 11 is 0. The second-order valence-corrected chi connectivity index (χ2v) is 6.14. The van der Waals surface area contributed by atoms with Crippen LogP contribution >= 0.6 is 0 Å². The van der Waals surface area contributed by atoms with Gasteiger partial charge < -0.3 is 4.90 Å². The minimum Gasteiger partial charge on any atom is -0.321 e. The molecule has 1 N–H and O–H groups in total. The molecule has 3 heteroatoms. The maximum atomic E-state index is 12.6. The third-order valence-corrected chi connectivity index (χ3v) is 4.13. The molecule has 1 aromatic carbocycles. The van der Waals surface area contributed by atoms with E-state index in [1.54, 1.807) is 0 Å². The first-order valence-corrected chi connectivity index (χ1v) is 7.28. The summed E-state index contributed by atoms with van der Waals surface area (Å²) in [5, 5.41) is 3.52. The van der Waals surface area contributed by atoms with Crippen LogP contribution in [0.25, 0.3) is 0 Å². The van der Waals surface area contributed by atoms with Crippen LogP contribution in [0.1, 0.15) is 38.4 Å². The summed E-state index contributed by atoms with van der Waals surface area (Å²) in [5.74, 6) is 1.33. The molecule has 0 radical (unpaired) electrons. The molecule has 19 heavy (non-hydrogen) atoms. The molecular weight excluding hydrogens is 236 g/mol. The Morgan fingerprint density at radius 3 is 2.53 bits per heavy atom. The Labute approximate surface area is 115 Å². The number of carbonyl (C=O) groups is 1. The summed E-state index contributed by atoms with van der Waals surface area (Å²) in [6.07, 6.45) is 2.61. The van der Waals surface area contributed by atoms with Crippen molar-refractivity contribution in [2.45, 2.75) is 38.9 Å². The van der Waals surface area contributed by atoms with E-state index in [9.17, 15) is 4.79 Å². The average Bonchev–Trinajstić information content (AvgIpc) is 3.16. The van der Waals surface area contributed by atoms with E-state index in [0.29, 0.717) is 5.92 Å². The molecule has 1 aromatic rings. The highest BCUT2D eigenvalue weighted by atomic mass is 16.2. The first-order valence-electron chi connectivity index (χ1n) is 7.28. The van der Waals surface area contributed by atoms with Gasteiger partial charge in [0.15, 0.2) is 0 Å². The smallest absolute Gasteiger partial charge is 0.241 e. The van der Waals surface area contributed by atoms with Gasteiger partial charge in [0, 0.05) is 6.54 Å². The normalized spacial score (nSPS) is 27.3. The van der Waals surface area contributed by atoms with Gasteiger partial charge in [-0.2, -0.15) is 0 Å². The van der Waals surface area contributed by atoms with Crippen molar-refractivity contribution >= 4 is 5.91 Å². The summed E-state index contributed by atoms with van der Waals surface area (Å²) in [7, 11) is 0. The fraction of sp³-hybridized carbons (Fsp3) is 0.562. The molecule has 0 spiro atoms. The largest absolute Gasteiger partial charge is 0.321 e. The Bertz CT molecular complexity index is 453. The second kappa shape index (κ2) is 4.97. The first kappa shape index (κ1) is 12.7. The van der Waals surface area contributed by atoms with Gasteiger partial charge in [0.25, 0.3) is 0 Å². The molecule has 2 aliphatic rings. The highest BCUT2D eigenvalue weighted by Gasteiger charge is 2.42. The van der Waals surface area contributed by atoms with Gasteiger partial charge in [-0.1, -0.05) is 44.2 Å². The van der Waals surface area contributed by atoms with E-state index < -0.39 is 0 Å². The van der Waals surface area contributed by atoms with Crippen LogP contribution in [0.3, 0.4) is 0 Å². The van der Waals surface area contributed by atoms with Crippen LogP contribution in [0.15, 0.2) is 30.3 Å². The molecule has 1 saturated heterocycles. The van der Waals surface area contributed by atoms with Crippen LogP contribution in [0, 0.1) is 11.8 Å². The summed E-state index contributed by atoms with van der Waals surface area (Å²) in [6.45, 7) is 5.13. The number of nitrogens with one attached hydrogen (secondary N) is 1. The number of hydrogen-bond donors (Lipinski definition) is 1. The van der Waals surface area contributed by atoms with Crippen molar-refractivity contribution < 1.29 is 4.79 Å². The predicted molar refractivity (Wildman–Crippen MR) is 75.4 cm³/mol. The summed E-state index contributed by atoms with van der Waals surface area (Å²) in [5.41, 5.74) is 1.19. The molecule has 2 unspecified atom stereocenters. The molecule has 2 fully saturated rings. The topological polar surface area (TPSA) is 32.3 Å². The predicted octanol–water partition coefficient (Wildman–Crippen LogP) is 2.55. The number of benzene rings is 1. The molecule has 1 amide bonds. The molecule has 1 saturated carbocycles. The maximum Gasteiger partial charge on any atom is 0.241 e. The number of nitrogens with zero attached hydrogens (tertiary/aromatic N) is 1. The van der Waals surface area contributed by atoms with Gasteiger partial charge in [0.05, 0.1) is 6.04 Å². The molecular formula is C16H22N2O. The van der Waals surface area contributed by atoms with Crippen LogP contribution < -0.4 is 5.32 Å². The molecule has 102 valence electrons. The minimum absolute atomic E-state index is 0.0380. The van der Waals surface area contributed by atoms with Gasteiger partial charge in [0.1, 0.15) is 6.17 Å². The quantitative estimate of drug-likeness (QED) is 0.900. The van der Waals surface area contributed by atoms with Gasteiger partial charge >= 0.3 is 0 Å². The molecule has 3 rings (SSSR count). The Morgan fingerprint density at radius 2 is 1.95 bits per heavy atom. The van der Waals surface area contributed by atoms with Crippen LogP contribution in [-0.4, -0.2) is 23.4 Å². The Morgan fingerprint density at radius 1 is 1.26 bits per heavy atom. The Kier molecular flexibility index (Phi) is 3.31. The molecule has 0 bridgehead atoms. The van der Waals surface area contributed by atoms with Crippen molar-refractivity contribution in [1.82, 2.24) is 10.2 Å². The number of carbonyl (C=O) groups excluding carboxylic acids is 1. The zero-order valence-electron chi connectivity index (χ0n) is 11.7. The van der Waals surface area contributed by atoms with Crippen molar-refractivity contribution in [2.24, 2.45) is 11.8 Å². The van der Waals surface area contributed by atoms with E-state index in [1.165, 1.54) is 18.4 Å². The average molecular weight is 258 g/mol. The number of rotatable bonds is 4. The highest BCUT2D eigenvalue weighted by molar-refractivity contribution is 5.84. The van der Waals surface area contributed by atoms with Crippen LogP contribution in [0.4, 0.5) is 0 Å². The van der Waals surface area contributed by atoms with Crippen LogP contribution in [-0.2, 0) is 4.79 Å². The number of amides is 1. The van der Waals surface area contributed by atoms with Crippen molar-refractivity contribution in [3.05, 3.63) is 35.9 Å². The fourth-order valence-electron chi connectivity index (χ4n) is 2.80. The lowest BCUT2D eigenvalue weighted by atomic mass is 10.1. The zero-order chi connectivity index (χ0) is 13.4. The molecule has 2 atom stereocenters. The van der Waals surface area contributed by atoms with E-state index >= 15 is 0 Å².